The molecule has 8 heteroatoms. The number of carbonyl (C=O) groups is 1. The number of rotatable bonds is 6. The standard InChI is InChI=1S/C22H25N3O5/c1-6-12-30-21(27)16-13(3)23-19-18(20(26)25(5)22(28)24(19)4)17(16)14-8-10-15(11-9-14)29-7-2/h6,8-11,17,23H,1,7,12H2,2-5H3/t17-/m1/s1. The molecule has 1 atom stereocenters. The third-order valence-corrected chi connectivity index (χ3v) is 5.06. The van der Waals surface area contributed by atoms with Crippen molar-refractivity contribution in [1.82, 2.24) is 9.13 Å². The van der Waals surface area contributed by atoms with Crippen LogP contribution >= 0.6 is 0 Å². The number of anilines is 1. The predicted molar refractivity (Wildman–Crippen MR) is 114 cm³/mol. The minimum atomic E-state index is -0.709. The first-order valence-corrected chi connectivity index (χ1v) is 9.60. The molecule has 0 saturated heterocycles. The van der Waals surface area contributed by atoms with Crippen LogP contribution in [0.4, 0.5) is 5.82 Å². The lowest BCUT2D eigenvalue weighted by Gasteiger charge is -2.30. The molecule has 0 fully saturated rings. The highest BCUT2D eigenvalue weighted by Gasteiger charge is 2.37. The van der Waals surface area contributed by atoms with E-state index in [1.807, 2.05) is 19.1 Å². The molecule has 3 rings (SSSR count). The number of hydrogen-bond donors (Lipinski definition) is 1. The Kier molecular flexibility index (Phi) is 5.96. The Morgan fingerprint density at radius 1 is 1.20 bits per heavy atom. The number of benzene rings is 1. The summed E-state index contributed by atoms with van der Waals surface area (Å²) in [4.78, 5) is 38.5. The monoisotopic (exact) mass is 411 g/mol. The summed E-state index contributed by atoms with van der Waals surface area (Å²) >= 11 is 0. The highest BCUT2D eigenvalue weighted by molar-refractivity contribution is 5.94. The van der Waals surface area contributed by atoms with Crippen molar-refractivity contribution in [2.24, 2.45) is 14.1 Å². The lowest BCUT2D eigenvalue weighted by Crippen LogP contribution is -2.43. The van der Waals surface area contributed by atoms with Crippen molar-refractivity contribution in [3.63, 3.8) is 0 Å². The zero-order valence-electron chi connectivity index (χ0n) is 17.5. The maximum atomic E-state index is 13.1. The van der Waals surface area contributed by atoms with Gasteiger partial charge in [-0.2, -0.15) is 0 Å². The third kappa shape index (κ3) is 3.56. The van der Waals surface area contributed by atoms with E-state index in [4.69, 9.17) is 9.47 Å². The maximum absolute atomic E-state index is 13.1. The van der Waals surface area contributed by atoms with Gasteiger partial charge in [0.1, 0.15) is 18.2 Å². The van der Waals surface area contributed by atoms with Gasteiger partial charge in [-0.25, -0.2) is 9.59 Å². The van der Waals surface area contributed by atoms with Crippen molar-refractivity contribution < 1.29 is 14.3 Å². The first-order chi connectivity index (χ1) is 14.3. The number of ether oxygens (including phenoxy) is 2. The van der Waals surface area contributed by atoms with E-state index < -0.39 is 23.1 Å². The van der Waals surface area contributed by atoms with Crippen molar-refractivity contribution in [3.8, 4) is 5.75 Å². The quantitative estimate of drug-likeness (QED) is 0.578. The van der Waals surface area contributed by atoms with Gasteiger partial charge >= 0.3 is 11.7 Å². The van der Waals surface area contributed by atoms with Crippen molar-refractivity contribution >= 4 is 11.8 Å². The molecule has 1 aromatic heterocycles. The van der Waals surface area contributed by atoms with Gasteiger partial charge in [-0.3, -0.25) is 13.9 Å². The van der Waals surface area contributed by atoms with Crippen LogP contribution in [0.2, 0.25) is 0 Å². The molecule has 2 heterocycles. The molecule has 0 aliphatic carbocycles. The predicted octanol–water partition coefficient (Wildman–Crippen LogP) is 2.04. The Hall–Kier alpha value is -3.55. The van der Waals surface area contributed by atoms with Crippen molar-refractivity contribution in [2.45, 2.75) is 19.8 Å². The summed E-state index contributed by atoms with van der Waals surface area (Å²) in [6.45, 7) is 7.75. The van der Waals surface area contributed by atoms with E-state index in [1.165, 1.54) is 17.7 Å². The van der Waals surface area contributed by atoms with Gasteiger partial charge in [-0.1, -0.05) is 24.8 Å². The van der Waals surface area contributed by atoms with E-state index >= 15 is 0 Å². The van der Waals surface area contributed by atoms with Crippen LogP contribution in [0.5, 0.6) is 5.75 Å². The lowest BCUT2D eigenvalue weighted by atomic mass is 9.82. The van der Waals surface area contributed by atoms with Crippen molar-refractivity contribution in [3.05, 3.63) is 80.2 Å². The molecule has 2 aromatic rings. The molecule has 30 heavy (non-hydrogen) atoms. The topological polar surface area (TPSA) is 91.6 Å². The number of aromatic nitrogens is 2. The zero-order valence-corrected chi connectivity index (χ0v) is 17.5. The molecule has 1 N–H and O–H groups in total. The summed E-state index contributed by atoms with van der Waals surface area (Å²) in [6.07, 6.45) is 1.48. The molecule has 8 nitrogen and oxygen atoms in total. The Balaban J connectivity index is 2.27. The fourth-order valence-corrected chi connectivity index (χ4v) is 3.63. The smallest absolute Gasteiger partial charge is 0.337 e. The van der Waals surface area contributed by atoms with Gasteiger partial charge < -0.3 is 14.8 Å². The SMILES string of the molecule is C=CCOC(=O)C1=C(C)Nc2c(c(=O)n(C)c(=O)n2C)[C@@H]1c1ccc(OCC)cc1. The minimum absolute atomic E-state index is 0.0454. The average Bonchev–Trinajstić information content (AvgIpc) is 2.74. The van der Waals surface area contributed by atoms with Gasteiger partial charge in [0.25, 0.3) is 5.56 Å². The van der Waals surface area contributed by atoms with Crippen molar-refractivity contribution in [1.29, 1.82) is 0 Å². The Bertz CT molecular complexity index is 1140. The first-order valence-electron chi connectivity index (χ1n) is 9.60. The summed E-state index contributed by atoms with van der Waals surface area (Å²) in [7, 11) is 3.00. The highest BCUT2D eigenvalue weighted by Crippen LogP contribution is 2.40. The van der Waals surface area contributed by atoms with Crippen LogP contribution in [0, 0.1) is 0 Å². The number of hydrogen-bond acceptors (Lipinski definition) is 6. The van der Waals surface area contributed by atoms with Gasteiger partial charge in [0.15, 0.2) is 0 Å². The number of allylic oxidation sites excluding steroid dienone is 1. The van der Waals surface area contributed by atoms with Crippen molar-refractivity contribution in [2.75, 3.05) is 18.5 Å². The van der Waals surface area contributed by atoms with E-state index in [9.17, 15) is 14.4 Å². The molecule has 0 saturated carbocycles. The van der Waals surface area contributed by atoms with Gasteiger partial charge in [0.05, 0.1) is 23.7 Å². The number of carbonyl (C=O) groups excluding carboxylic acids is 1. The summed E-state index contributed by atoms with van der Waals surface area (Å²) in [5, 5.41) is 3.05. The van der Waals surface area contributed by atoms with Gasteiger partial charge in [0, 0.05) is 19.8 Å². The molecule has 0 unspecified atom stereocenters. The van der Waals surface area contributed by atoms with Crippen LogP contribution < -0.4 is 21.3 Å². The molecular formula is C22H25N3O5. The van der Waals surface area contributed by atoms with Gasteiger partial charge in [-0.15, -0.1) is 0 Å². The average molecular weight is 411 g/mol. The number of fused-ring (bicyclic) bond motifs is 1. The van der Waals surface area contributed by atoms with Gasteiger partial charge in [-0.05, 0) is 31.5 Å². The fourth-order valence-electron chi connectivity index (χ4n) is 3.63. The Morgan fingerprint density at radius 2 is 1.87 bits per heavy atom. The normalized spacial score (nSPS) is 15.3. The fraction of sp³-hybridized carbons (Fsp3) is 0.318. The summed E-state index contributed by atoms with van der Waals surface area (Å²) < 4.78 is 13.2. The van der Waals surface area contributed by atoms with E-state index in [0.717, 1.165) is 4.57 Å². The van der Waals surface area contributed by atoms with E-state index in [-0.39, 0.29) is 6.61 Å². The maximum Gasteiger partial charge on any atom is 0.337 e. The lowest BCUT2D eigenvalue weighted by molar-refractivity contribution is -0.138. The zero-order chi connectivity index (χ0) is 22.0. The van der Waals surface area contributed by atoms with Crippen LogP contribution in [0.25, 0.3) is 0 Å². The van der Waals surface area contributed by atoms with Crippen LogP contribution in [-0.2, 0) is 23.6 Å². The molecule has 158 valence electrons. The Labute approximate surface area is 174 Å². The molecule has 0 amide bonds. The molecule has 0 bridgehead atoms. The highest BCUT2D eigenvalue weighted by atomic mass is 16.5. The van der Waals surface area contributed by atoms with Gasteiger partial charge in [0.2, 0.25) is 0 Å². The second kappa shape index (κ2) is 8.44. The van der Waals surface area contributed by atoms with E-state index in [0.29, 0.717) is 40.6 Å². The molecule has 0 radical (unpaired) electrons. The Morgan fingerprint density at radius 3 is 2.47 bits per heavy atom. The molecule has 1 aliphatic rings. The molecule has 1 aliphatic heterocycles. The van der Waals surface area contributed by atoms with Crippen LogP contribution in [-0.4, -0.2) is 28.3 Å². The second-order valence-electron chi connectivity index (χ2n) is 6.95. The third-order valence-electron chi connectivity index (χ3n) is 5.06. The number of nitrogens with one attached hydrogen (secondary N) is 1. The summed E-state index contributed by atoms with van der Waals surface area (Å²) in [5.74, 6) is -0.222. The molecule has 0 spiro atoms. The number of nitrogens with zero attached hydrogens (tertiary/aromatic N) is 2. The minimum Gasteiger partial charge on any atom is -0.494 e. The number of esters is 1. The molecule has 1 aromatic carbocycles. The van der Waals surface area contributed by atoms with E-state index in [1.54, 1.807) is 26.1 Å². The van der Waals surface area contributed by atoms with E-state index in [2.05, 4.69) is 11.9 Å². The second-order valence-corrected chi connectivity index (χ2v) is 6.95. The largest absolute Gasteiger partial charge is 0.494 e. The summed E-state index contributed by atoms with van der Waals surface area (Å²) in [5.41, 5.74) is 0.910. The first kappa shape index (κ1) is 21.2. The summed E-state index contributed by atoms with van der Waals surface area (Å²) in [6, 6.07) is 7.19. The van der Waals surface area contributed by atoms with Crippen LogP contribution in [0.1, 0.15) is 30.9 Å². The van der Waals surface area contributed by atoms with Crippen LogP contribution in [0.3, 0.4) is 0 Å². The molecular weight excluding hydrogens is 386 g/mol. The van der Waals surface area contributed by atoms with Crippen LogP contribution in [0.15, 0.2) is 57.8 Å².